The predicted molar refractivity (Wildman–Crippen MR) is 80.9 cm³/mol. The van der Waals surface area contributed by atoms with E-state index in [-0.39, 0.29) is 10.6 Å². The highest BCUT2D eigenvalue weighted by atomic mass is 35.7. The Morgan fingerprint density at radius 3 is 2.48 bits per heavy atom. The highest BCUT2D eigenvalue weighted by Gasteiger charge is 2.23. The highest BCUT2D eigenvalue weighted by Crippen LogP contribution is 2.27. The van der Waals surface area contributed by atoms with Crippen molar-refractivity contribution in [2.24, 2.45) is 0 Å². The van der Waals surface area contributed by atoms with Crippen molar-refractivity contribution in [3.8, 4) is 0 Å². The van der Waals surface area contributed by atoms with E-state index in [1.807, 2.05) is 6.92 Å². The molecule has 8 heteroatoms. The lowest BCUT2D eigenvalue weighted by Crippen LogP contribution is -2.28. The Bertz CT molecular complexity index is 635. The van der Waals surface area contributed by atoms with Crippen LogP contribution in [0.1, 0.15) is 36.5 Å². The maximum absolute atomic E-state index is 13.6. The van der Waals surface area contributed by atoms with Crippen molar-refractivity contribution < 1.29 is 17.6 Å². The van der Waals surface area contributed by atoms with Crippen LogP contribution in [-0.4, -0.2) is 32.8 Å². The minimum atomic E-state index is -4.29. The molecule has 4 nitrogen and oxygen atoms in total. The lowest BCUT2D eigenvalue weighted by Gasteiger charge is -2.18. The van der Waals surface area contributed by atoms with Gasteiger partial charge < -0.3 is 4.90 Å². The van der Waals surface area contributed by atoms with Gasteiger partial charge in [-0.15, -0.1) is 0 Å². The van der Waals surface area contributed by atoms with E-state index in [9.17, 15) is 17.6 Å². The van der Waals surface area contributed by atoms with Gasteiger partial charge in [-0.3, -0.25) is 4.79 Å². The van der Waals surface area contributed by atoms with Crippen LogP contribution in [-0.2, 0) is 9.05 Å². The normalized spacial score (nSPS) is 11.5. The molecule has 0 aliphatic carbocycles. The molecule has 118 valence electrons. The molecule has 1 amide bonds. The second kappa shape index (κ2) is 7.42. The third-order valence-corrected chi connectivity index (χ3v) is 4.61. The van der Waals surface area contributed by atoms with Gasteiger partial charge in [0.1, 0.15) is 10.7 Å². The molecule has 0 aromatic heterocycles. The molecule has 21 heavy (non-hydrogen) atoms. The summed E-state index contributed by atoms with van der Waals surface area (Å²) in [6.45, 7) is 2.54. The zero-order valence-corrected chi connectivity index (χ0v) is 14.0. The van der Waals surface area contributed by atoms with Gasteiger partial charge in [0.2, 0.25) is 0 Å². The number of nitrogens with zero attached hydrogens (tertiary/aromatic N) is 1. The van der Waals surface area contributed by atoms with Crippen molar-refractivity contribution >= 4 is 37.2 Å². The fourth-order valence-corrected chi connectivity index (χ4v) is 2.92. The molecular weight excluding hydrogens is 340 g/mol. The summed E-state index contributed by atoms with van der Waals surface area (Å²) < 4.78 is 36.1. The molecule has 0 atom stereocenters. The molecule has 1 rings (SSSR count). The summed E-state index contributed by atoms with van der Waals surface area (Å²) in [6.07, 6.45) is 2.79. The van der Waals surface area contributed by atoms with Crippen LogP contribution in [0.25, 0.3) is 0 Å². The minimum absolute atomic E-state index is 0.0868. The van der Waals surface area contributed by atoms with Gasteiger partial charge in [-0.25, -0.2) is 12.8 Å². The monoisotopic (exact) mass is 355 g/mol. The smallest absolute Gasteiger partial charge is 0.264 e. The maximum atomic E-state index is 13.6. The van der Waals surface area contributed by atoms with Gasteiger partial charge in [0.05, 0.1) is 10.6 Å². The summed E-state index contributed by atoms with van der Waals surface area (Å²) in [4.78, 5) is 12.9. The van der Waals surface area contributed by atoms with Crippen LogP contribution in [0.2, 0.25) is 5.02 Å². The fraction of sp³-hybridized carbons (Fsp3) is 0.462. The zero-order chi connectivity index (χ0) is 16.2. The first kappa shape index (κ1) is 18.2. The van der Waals surface area contributed by atoms with Crippen molar-refractivity contribution in [1.82, 2.24) is 4.90 Å². The van der Waals surface area contributed by atoms with Crippen molar-refractivity contribution in [2.45, 2.75) is 31.1 Å². The Morgan fingerprint density at radius 1 is 1.33 bits per heavy atom. The molecular formula is C13H16Cl2FNO3S. The van der Waals surface area contributed by atoms with Crippen LogP contribution < -0.4 is 0 Å². The number of benzene rings is 1. The van der Waals surface area contributed by atoms with E-state index in [4.69, 9.17) is 22.3 Å². The van der Waals surface area contributed by atoms with E-state index in [1.54, 1.807) is 7.05 Å². The number of carbonyl (C=O) groups is 1. The summed E-state index contributed by atoms with van der Waals surface area (Å²) in [6, 6.07) is 1.66. The van der Waals surface area contributed by atoms with E-state index in [0.29, 0.717) is 6.54 Å². The number of hydrogen-bond acceptors (Lipinski definition) is 3. The van der Waals surface area contributed by atoms with Crippen LogP contribution >= 0.6 is 22.3 Å². The minimum Gasteiger partial charge on any atom is -0.342 e. The first-order valence-corrected chi connectivity index (χ1v) is 9.06. The average molecular weight is 356 g/mol. The summed E-state index contributed by atoms with van der Waals surface area (Å²) in [5.41, 5.74) is -0.0868. The molecule has 1 aromatic rings. The summed E-state index contributed by atoms with van der Waals surface area (Å²) in [7, 11) is 2.43. The first-order chi connectivity index (χ1) is 9.68. The molecule has 0 saturated heterocycles. The molecule has 0 bridgehead atoms. The lowest BCUT2D eigenvalue weighted by atomic mass is 10.2. The lowest BCUT2D eigenvalue weighted by molar-refractivity contribution is 0.0792. The Morgan fingerprint density at radius 2 is 1.95 bits per heavy atom. The number of carbonyl (C=O) groups excluding carboxylic acids is 1. The fourth-order valence-electron chi connectivity index (χ4n) is 1.79. The van der Waals surface area contributed by atoms with Crippen molar-refractivity contribution in [2.75, 3.05) is 13.6 Å². The van der Waals surface area contributed by atoms with Gasteiger partial charge in [0.15, 0.2) is 0 Å². The topological polar surface area (TPSA) is 54.5 Å². The van der Waals surface area contributed by atoms with Crippen molar-refractivity contribution in [1.29, 1.82) is 0 Å². The summed E-state index contributed by atoms with van der Waals surface area (Å²) in [5, 5.41) is -0.149. The van der Waals surface area contributed by atoms with E-state index in [1.165, 1.54) is 4.90 Å². The number of halogens is 3. The highest BCUT2D eigenvalue weighted by molar-refractivity contribution is 8.13. The van der Waals surface area contributed by atoms with Gasteiger partial charge in [0, 0.05) is 24.3 Å². The Kier molecular flexibility index (Phi) is 6.43. The quantitative estimate of drug-likeness (QED) is 0.577. The molecule has 0 aliphatic rings. The molecule has 0 saturated carbocycles. The first-order valence-electron chi connectivity index (χ1n) is 6.37. The van der Waals surface area contributed by atoms with Crippen molar-refractivity contribution in [3.05, 3.63) is 28.5 Å². The van der Waals surface area contributed by atoms with Gasteiger partial charge in [-0.1, -0.05) is 31.4 Å². The molecule has 0 spiro atoms. The third-order valence-electron chi connectivity index (χ3n) is 2.96. The Balaban J connectivity index is 3.10. The van der Waals surface area contributed by atoms with Crippen LogP contribution in [0.15, 0.2) is 17.0 Å². The van der Waals surface area contributed by atoms with E-state index in [2.05, 4.69) is 0 Å². The SMILES string of the molecule is CCCCCN(C)C(=O)c1cc(S(=O)(=O)Cl)c(F)cc1Cl. The van der Waals surface area contributed by atoms with Crippen LogP contribution in [0.4, 0.5) is 4.39 Å². The molecule has 0 N–H and O–H groups in total. The molecule has 0 unspecified atom stereocenters. The summed E-state index contributed by atoms with van der Waals surface area (Å²) >= 11 is 5.83. The van der Waals surface area contributed by atoms with Crippen LogP contribution in [0.3, 0.4) is 0 Å². The molecule has 1 aromatic carbocycles. The van der Waals surface area contributed by atoms with E-state index >= 15 is 0 Å². The van der Waals surface area contributed by atoms with Crippen molar-refractivity contribution in [3.63, 3.8) is 0 Å². The number of hydrogen-bond donors (Lipinski definition) is 0. The largest absolute Gasteiger partial charge is 0.342 e. The number of rotatable bonds is 6. The predicted octanol–water partition coefficient (Wildman–Crippen LogP) is 3.67. The van der Waals surface area contributed by atoms with Gasteiger partial charge in [0.25, 0.3) is 15.0 Å². The van der Waals surface area contributed by atoms with E-state index < -0.39 is 25.7 Å². The molecule has 0 aliphatic heterocycles. The molecule has 0 radical (unpaired) electrons. The molecule has 0 heterocycles. The van der Waals surface area contributed by atoms with E-state index in [0.717, 1.165) is 31.4 Å². The maximum Gasteiger partial charge on any atom is 0.264 e. The second-order valence-corrected chi connectivity index (χ2v) is 7.58. The Labute approximate surface area is 133 Å². The second-order valence-electron chi connectivity index (χ2n) is 4.63. The Hall–Kier alpha value is -0.850. The third kappa shape index (κ3) is 4.83. The number of amides is 1. The standard InChI is InChI=1S/C13H16Cl2FNO3S/c1-3-4-5-6-17(2)13(18)9-7-12(21(15,19)20)11(16)8-10(9)14/h7-8H,3-6H2,1-2H3. The van der Waals surface area contributed by atoms with Gasteiger partial charge in [-0.05, 0) is 18.6 Å². The van der Waals surface area contributed by atoms with Gasteiger partial charge in [-0.2, -0.15) is 0 Å². The van der Waals surface area contributed by atoms with Gasteiger partial charge >= 0.3 is 0 Å². The molecule has 0 fully saturated rings. The van der Waals surface area contributed by atoms with Crippen LogP contribution in [0, 0.1) is 5.82 Å². The zero-order valence-electron chi connectivity index (χ0n) is 11.7. The average Bonchev–Trinajstić information content (AvgIpc) is 2.36. The summed E-state index contributed by atoms with van der Waals surface area (Å²) in [5.74, 6) is -1.56. The van der Waals surface area contributed by atoms with Crippen LogP contribution in [0.5, 0.6) is 0 Å². The number of unbranched alkanes of at least 4 members (excludes halogenated alkanes) is 2.